The number of rotatable bonds is 7. The molecule has 1 saturated carbocycles. The van der Waals surface area contributed by atoms with Crippen molar-refractivity contribution in [2.45, 2.75) is 39.2 Å². The fraction of sp³-hybridized carbons (Fsp3) is 0.652. The second kappa shape index (κ2) is 10.8. The molecule has 2 aliphatic rings. The maximum atomic E-state index is 12.4. The van der Waals surface area contributed by atoms with Crippen LogP contribution in [0.5, 0.6) is 0 Å². The summed E-state index contributed by atoms with van der Waals surface area (Å²) in [6.07, 6.45) is 3.47. The van der Waals surface area contributed by atoms with Crippen LogP contribution in [0, 0.1) is 11.8 Å². The zero-order chi connectivity index (χ0) is 21.5. The molecule has 1 aromatic carbocycles. The van der Waals surface area contributed by atoms with E-state index in [-0.39, 0.29) is 24.4 Å². The first-order valence-electron chi connectivity index (χ1n) is 11.3. The zero-order valence-electron chi connectivity index (χ0n) is 18.6. The number of amides is 2. The second-order valence-corrected chi connectivity index (χ2v) is 8.95. The molecule has 0 bridgehead atoms. The highest BCUT2D eigenvalue weighted by molar-refractivity contribution is 5.91. The number of anilines is 2. The summed E-state index contributed by atoms with van der Waals surface area (Å²) < 4.78 is 5.38. The van der Waals surface area contributed by atoms with Gasteiger partial charge in [-0.3, -0.25) is 9.59 Å². The number of carbonyl (C=O) groups excluding carboxylic acids is 2. The van der Waals surface area contributed by atoms with Gasteiger partial charge in [0.15, 0.2) is 13.1 Å². The van der Waals surface area contributed by atoms with Crippen molar-refractivity contribution in [3.05, 3.63) is 24.3 Å². The number of nitrogens with one attached hydrogen (secondary N) is 3. The second-order valence-electron chi connectivity index (χ2n) is 8.95. The molecule has 1 heterocycles. The van der Waals surface area contributed by atoms with Crippen molar-refractivity contribution in [2.24, 2.45) is 11.8 Å². The molecule has 30 heavy (non-hydrogen) atoms. The van der Waals surface area contributed by atoms with Crippen molar-refractivity contribution >= 4 is 23.2 Å². The third-order valence-electron chi connectivity index (χ3n) is 6.51. The van der Waals surface area contributed by atoms with E-state index in [1.54, 1.807) is 0 Å². The van der Waals surface area contributed by atoms with Crippen LogP contribution in [0.4, 0.5) is 11.4 Å². The molecule has 0 spiro atoms. The maximum absolute atomic E-state index is 12.4. The highest BCUT2D eigenvalue weighted by Crippen LogP contribution is 2.29. The van der Waals surface area contributed by atoms with Crippen molar-refractivity contribution < 1.29 is 19.2 Å². The number of quaternary nitrogens is 1. The molecule has 1 saturated heterocycles. The van der Waals surface area contributed by atoms with E-state index >= 15 is 0 Å². The van der Waals surface area contributed by atoms with Crippen molar-refractivity contribution in [1.82, 2.24) is 5.32 Å². The van der Waals surface area contributed by atoms with Crippen LogP contribution in [-0.2, 0) is 14.3 Å². The number of likely N-dealkylation sites (N-methyl/N-ethyl adjacent to an activating group) is 1. The SMILES string of the molecule is C[C@@H]1[C@H](C)CCC[C@H]1NC(=O)C[NH+](C)CC(=O)Nc1ccc(N2CCOCC2)cc1. The average Bonchev–Trinajstić information content (AvgIpc) is 2.72. The Labute approximate surface area is 180 Å². The van der Waals surface area contributed by atoms with Crippen LogP contribution in [0.15, 0.2) is 24.3 Å². The summed E-state index contributed by atoms with van der Waals surface area (Å²) in [5.41, 5.74) is 1.92. The molecule has 1 aliphatic heterocycles. The van der Waals surface area contributed by atoms with Crippen LogP contribution in [0.2, 0.25) is 0 Å². The van der Waals surface area contributed by atoms with Gasteiger partial charge in [-0.2, -0.15) is 0 Å². The molecule has 3 N–H and O–H groups in total. The number of hydrogen-bond acceptors (Lipinski definition) is 4. The Morgan fingerprint density at radius 3 is 2.43 bits per heavy atom. The lowest BCUT2D eigenvalue weighted by Crippen LogP contribution is -3.11. The molecular weight excluding hydrogens is 380 g/mol. The van der Waals surface area contributed by atoms with Crippen LogP contribution in [0.1, 0.15) is 33.1 Å². The molecule has 2 fully saturated rings. The number of benzene rings is 1. The summed E-state index contributed by atoms with van der Waals surface area (Å²) in [4.78, 5) is 28.0. The van der Waals surface area contributed by atoms with Crippen molar-refractivity contribution in [1.29, 1.82) is 0 Å². The van der Waals surface area contributed by atoms with E-state index in [0.29, 0.717) is 18.4 Å². The number of carbonyl (C=O) groups is 2. The summed E-state index contributed by atoms with van der Waals surface area (Å²) in [5.74, 6) is 1.10. The lowest BCUT2D eigenvalue weighted by Gasteiger charge is -2.34. The largest absolute Gasteiger partial charge is 0.378 e. The van der Waals surface area contributed by atoms with Gasteiger partial charge in [0.25, 0.3) is 11.8 Å². The van der Waals surface area contributed by atoms with Gasteiger partial charge >= 0.3 is 0 Å². The Morgan fingerprint density at radius 1 is 1.07 bits per heavy atom. The third-order valence-corrected chi connectivity index (χ3v) is 6.51. The molecule has 0 aromatic heterocycles. The van der Waals surface area contributed by atoms with Gasteiger partial charge in [0, 0.05) is 30.5 Å². The minimum atomic E-state index is -0.0842. The minimum Gasteiger partial charge on any atom is -0.378 e. The molecule has 1 aliphatic carbocycles. The fourth-order valence-corrected chi connectivity index (χ4v) is 4.44. The average molecular weight is 418 g/mol. The maximum Gasteiger partial charge on any atom is 0.279 e. The quantitative estimate of drug-likeness (QED) is 0.617. The normalized spacial score (nSPS) is 25.4. The molecule has 1 aromatic rings. The fourth-order valence-electron chi connectivity index (χ4n) is 4.44. The monoisotopic (exact) mass is 417 g/mol. The van der Waals surface area contributed by atoms with Gasteiger partial charge in [-0.25, -0.2) is 0 Å². The van der Waals surface area contributed by atoms with E-state index in [4.69, 9.17) is 4.74 Å². The van der Waals surface area contributed by atoms with Crippen molar-refractivity contribution in [3.63, 3.8) is 0 Å². The molecule has 3 rings (SSSR count). The molecule has 2 amide bonds. The predicted octanol–water partition coefficient (Wildman–Crippen LogP) is 0.917. The van der Waals surface area contributed by atoms with E-state index < -0.39 is 0 Å². The number of ether oxygens (including phenoxy) is 1. The number of hydrogen-bond donors (Lipinski definition) is 3. The van der Waals surface area contributed by atoms with Crippen molar-refractivity contribution in [2.75, 3.05) is 56.7 Å². The van der Waals surface area contributed by atoms with E-state index in [1.165, 1.54) is 12.8 Å². The Hall–Kier alpha value is -2.12. The summed E-state index contributed by atoms with van der Waals surface area (Å²) in [6.45, 7) is 8.33. The molecule has 166 valence electrons. The van der Waals surface area contributed by atoms with E-state index in [9.17, 15) is 9.59 Å². The van der Waals surface area contributed by atoms with Gasteiger partial charge in [0.2, 0.25) is 0 Å². The van der Waals surface area contributed by atoms with E-state index in [0.717, 1.165) is 49.0 Å². The standard InChI is InChI=1S/C23H36N4O3/c1-17-5-4-6-21(18(17)2)25-23(29)16-26(3)15-22(28)24-19-7-9-20(10-8-19)27-11-13-30-14-12-27/h7-10,17-18,21H,4-6,11-16H2,1-3H3,(H,24,28)(H,25,29)/p+1/t17-,18-,21-/m1/s1. The van der Waals surface area contributed by atoms with Crippen LogP contribution < -0.4 is 20.4 Å². The molecule has 1 unspecified atom stereocenters. The smallest absolute Gasteiger partial charge is 0.279 e. The minimum absolute atomic E-state index is 0.0288. The Morgan fingerprint density at radius 2 is 1.73 bits per heavy atom. The summed E-state index contributed by atoms with van der Waals surface area (Å²) in [7, 11) is 1.88. The van der Waals surface area contributed by atoms with Gasteiger partial charge in [-0.05, 0) is 42.5 Å². The first kappa shape index (κ1) is 22.6. The van der Waals surface area contributed by atoms with Crippen molar-refractivity contribution in [3.8, 4) is 0 Å². The highest BCUT2D eigenvalue weighted by Gasteiger charge is 2.28. The van der Waals surface area contributed by atoms with Gasteiger partial charge in [0.05, 0.1) is 20.3 Å². The molecule has 7 nitrogen and oxygen atoms in total. The topological polar surface area (TPSA) is 75.1 Å². The summed E-state index contributed by atoms with van der Waals surface area (Å²) >= 11 is 0. The number of nitrogens with zero attached hydrogens (tertiary/aromatic N) is 1. The van der Waals surface area contributed by atoms with Crippen LogP contribution in [-0.4, -0.2) is 64.3 Å². The molecule has 0 radical (unpaired) electrons. The van der Waals surface area contributed by atoms with Crippen LogP contribution >= 0.6 is 0 Å². The molecule has 7 heteroatoms. The summed E-state index contributed by atoms with van der Waals surface area (Å²) in [5, 5.41) is 6.12. The predicted molar refractivity (Wildman–Crippen MR) is 119 cm³/mol. The highest BCUT2D eigenvalue weighted by atomic mass is 16.5. The zero-order valence-corrected chi connectivity index (χ0v) is 18.6. The van der Waals surface area contributed by atoms with Gasteiger partial charge in [0.1, 0.15) is 0 Å². The molecule has 4 atom stereocenters. The van der Waals surface area contributed by atoms with E-state index in [2.05, 4.69) is 29.4 Å². The first-order chi connectivity index (χ1) is 14.4. The van der Waals surface area contributed by atoms with Gasteiger partial charge in [-0.15, -0.1) is 0 Å². The number of morpholine rings is 1. The lowest BCUT2D eigenvalue weighted by atomic mass is 9.78. The van der Waals surface area contributed by atoms with E-state index in [1.807, 2.05) is 31.3 Å². The molecular formula is C23H37N4O3+. The summed E-state index contributed by atoms with van der Waals surface area (Å²) in [6, 6.07) is 8.16. The Bertz CT molecular complexity index is 703. The third kappa shape index (κ3) is 6.44. The first-order valence-corrected chi connectivity index (χ1v) is 11.3. The van der Waals surface area contributed by atoms with Crippen LogP contribution in [0.3, 0.4) is 0 Å². The van der Waals surface area contributed by atoms with Gasteiger partial charge in [-0.1, -0.05) is 26.7 Å². The Balaban J connectivity index is 1.41. The van der Waals surface area contributed by atoms with Crippen LogP contribution in [0.25, 0.3) is 0 Å². The lowest BCUT2D eigenvalue weighted by molar-refractivity contribution is -0.862. The van der Waals surface area contributed by atoms with Gasteiger partial charge < -0.3 is 25.2 Å². The Kier molecular flexibility index (Phi) is 8.10.